The van der Waals surface area contributed by atoms with Crippen molar-refractivity contribution in [2.45, 2.75) is 64.1 Å². The Bertz CT molecular complexity index is 840. The average Bonchev–Trinajstić information content (AvgIpc) is 3.23. The van der Waals surface area contributed by atoms with Crippen LogP contribution in [0.15, 0.2) is 11.2 Å². The molecule has 0 atom stereocenters. The Morgan fingerprint density at radius 3 is 2.75 bits per heavy atom. The summed E-state index contributed by atoms with van der Waals surface area (Å²) in [5.41, 5.74) is 0.805. The molecule has 0 unspecified atom stereocenters. The van der Waals surface area contributed by atoms with Gasteiger partial charge in [-0.1, -0.05) is 31.0 Å². The molecule has 0 spiro atoms. The number of ether oxygens (including phenoxy) is 1. The van der Waals surface area contributed by atoms with Crippen molar-refractivity contribution < 1.29 is 14.3 Å². The van der Waals surface area contributed by atoms with Crippen LogP contribution in [0.3, 0.4) is 0 Å². The molecule has 2 aromatic rings. The first-order valence-electron chi connectivity index (χ1n) is 9.61. The molecule has 0 bridgehead atoms. The molecular weight excluding hydrogens is 396 g/mol. The van der Waals surface area contributed by atoms with Gasteiger partial charge in [-0.05, 0) is 45.2 Å². The maximum absolute atomic E-state index is 12.4. The van der Waals surface area contributed by atoms with Crippen LogP contribution in [0.25, 0.3) is 0 Å². The maximum atomic E-state index is 12.4. The number of esters is 1. The largest absolute Gasteiger partial charge is 0.462 e. The smallest absolute Gasteiger partial charge is 0.348 e. The zero-order chi connectivity index (χ0) is 20.1. The average molecular weight is 423 g/mol. The van der Waals surface area contributed by atoms with E-state index in [1.807, 2.05) is 13.8 Å². The number of nitrogens with one attached hydrogen (secondary N) is 1. The van der Waals surface area contributed by atoms with Crippen molar-refractivity contribution in [1.82, 2.24) is 14.8 Å². The van der Waals surface area contributed by atoms with Crippen LogP contribution in [-0.2, 0) is 9.53 Å². The normalized spacial score (nSPS) is 14.8. The van der Waals surface area contributed by atoms with E-state index in [0.29, 0.717) is 22.5 Å². The highest BCUT2D eigenvalue weighted by Gasteiger charge is 2.22. The fourth-order valence-electron chi connectivity index (χ4n) is 3.45. The van der Waals surface area contributed by atoms with Crippen LogP contribution in [0, 0.1) is 13.8 Å². The third-order valence-electron chi connectivity index (χ3n) is 4.75. The molecule has 1 aliphatic rings. The molecule has 1 fully saturated rings. The van der Waals surface area contributed by atoms with Crippen molar-refractivity contribution in [2.75, 3.05) is 17.7 Å². The standard InChI is InChI=1S/C19H26N4O3S2/c1-4-26-18(25)17-12(2)10-16(28-17)20-15(24)11-27-19-22-21-13(3)23(19)14-8-6-5-7-9-14/h10,14H,4-9,11H2,1-3H3,(H,20,24). The van der Waals surface area contributed by atoms with Crippen LogP contribution in [0.4, 0.5) is 5.00 Å². The Balaban J connectivity index is 1.59. The summed E-state index contributed by atoms with van der Waals surface area (Å²) >= 11 is 2.64. The van der Waals surface area contributed by atoms with Crippen LogP contribution in [0.5, 0.6) is 0 Å². The monoisotopic (exact) mass is 422 g/mol. The highest BCUT2D eigenvalue weighted by molar-refractivity contribution is 7.99. The van der Waals surface area contributed by atoms with Gasteiger partial charge in [0.25, 0.3) is 0 Å². The third kappa shape index (κ3) is 4.94. The highest BCUT2D eigenvalue weighted by atomic mass is 32.2. The van der Waals surface area contributed by atoms with Crippen molar-refractivity contribution in [1.29, 1.82) is 0 Å². The summed E-state index contributed by atoms with van der Waals surface area (Å²) in [6, 6.07) is 2.23. The summed E-state index contributed by atoms with van der Waals surface area (Å²) in [4.78, 5) is 24.8. The van der Waals surface area contributed by atoms with E-state index in [4.69, 9.17) is 4.74 Å². The molecule has 0 radical (unpaired) electrons. The van der Waals surface area contributed by atoms with Crippen LogP contribution >= 0.6 is 23.1 Å². The van der Waals surface area contributed by atoms with Gasteiger partial charge in [0.05, 0.1) is 17.4 Å². The molecule has 152 valence electrons. The number of nitrogens with zero attached hydrogens (tertiary/aromatic N) is 3. The zero-order valence-corrected chi connectivity index (χ0v) is 18.1. The number of thiophene rings is 1. The van der Waals surface area contributed by atoms with Gasteiger partial charge in [-0.15, -0.1) is 21.5 Å². The van der Waals surface area contributed by atoms with Crippen LogP contribution in [0.2, 0.25) is 0 Å². The summed E-state index contributed by atoms with van der Waals surface area (Å²) in [5.74, 6) is 0.674. The summed E-state index contributed by atoms with van der Waals surface area (Å²) in [6.07, 6.45) is 6.03. The minimum absolute atomic E-state index is 0.127. The number of hydrogen-bond acceptors (Lipinski definition) is 7. The van der Waals surface area contributed by atoms with E-state index in [-0.39, 0.29) is 17.6 Å². The molecule has 0 aliphatic heterocycles. The van der Waals surface area contributed by atoms with Crippen molar-refractivity contribution >= 4 is 40.0 Å². The number of rotatable bonds is 7. The molecule has 1 N–H and O–H groups in total. The van der Waals surface area contributed by atoms with Gasteiger partial charge in [-0.2, -0.15) is 0 Å². The molecule has 1 aliphatic carbocycles. The molecule has 0 saturated heterocycles. The number of amides is 1. The summed E-state index contributed by atoms with van der Waals surface area (Å²) < 4.78 is 7.23. The topological polar surface area (TPSA) is 86.1 Å². The molecule has 0 aromatic carbocycles. The van der Waals surface area contributed by atoms with Gasteiger partial charge in [-0.3, -0.25) is 4.79 Å². The first-order valence-corrected chi connectivity index (χ1v) is 11.4. The van der Waals surface area contributed by atoms with Gasteiger partial charge in [0.15, 0.2) is 5.16 Å². The van der Waals surface area contributed by atoms with E-state index >= 15 is 0 Å². The minimum atomic E-state index is -0.351. The Morgan fingerprint density at radius 1 is 1.29 bits per heavy atom. The minimum Gasteiger partial charge on any atom is -0.462 e. The predicted octanol–water partition coefficient (Wildman–Crippen LogP) is 4.37. The second kappa shape index (κ2) is 9.56. The highest BCUT2D eigenvalue weighted by Crippen LogP contribution is 2.33. The fourth-order valence-corrected chi connectivity index (χ4v) is 5.29. The fraction of sp³-hybridized carbons (Fsp3) is 0.579. The number of anilines is 1. The van der Waals surface area contributed by atoms with Gasteiger partial charge in [0, 0.05) is 6.04 Å². The molecule has 7 nitrogen and oxygen atoms in total. The molecule has 1 saturated carbocycles. The van der Waals surface area contributed by atoms with Gasteiger partial charge in [0.2, 0.25) is 5.91 Å². The molecule has 2 heterocycles. The SMILES string of the molecule is CCOC(=O)c1sc(NC(=O)CSc2nnc(C)n2C2CCCCC2)cc1C. The van der Waals surface area contributed by atoms with Gasteiger partial charge < -0.3 is 14.6 Å². The third-order valence-corrected chi connectivity index (χ3v) is 6.82. The lowest BCUT2D eigenvalue weighted by molar-refractivity contribution is -0.113. The lowest BCUT2D eigenvalue weighted by atomic mass is 9.95. The molecule has 3 rings (SSSR count). The van der Waals surface area contributed by atoms with Crippen LogP contribution in [-0.4, -0.2) is 39.0 Å². The van der Waals surface area contributed by atoms with E-state index in [9.17, 15) is 9.59 Å². The van der Waals surface area contributed by atoms with Crippen LogP contribution in [0.1, 0.15) is 66.1 Å². The number of aromatic nitrogens is 3. The van der Waals surface area contributed by atoms with Crippen molar-refractivity contribution in [2.24, 2.45) is 0 Å². The molecular formula is C19H26N4O3S2. The quantitative estimate of drug-likeness (QED) is 0.527. The van der Waals surface area contributed by atoms with Crippen molar-refractivity contribution in [3.8, 4) is 0 Å². The lowest BCUT2D eigenvalue weighted by Crippen LogP contribution is -2.17. The molecule has 2 aromatic heterocycles. The van der Waals surface area contributed by atoms with Crippen LogP contribution < -0.4 is 5.32 Å². The van der Waals surface area contributed by atoms with Gasteiger partial charge in [0.1, 0.15) is 10.7 Å². The molecule has 28 heavy (non-hydrogen) atoms. The van der Waals surface area contributed by atoms with E-state index in [1.54, 1.807) is 13.0 Å². The number of hydrogen-bond donors (Lipinski definition) is 1. The van der Waals surface area contributed by atoms with Crippen molar-refractivity contribution in [3.63, 3.8) is 0 Å². The Kier molecular flexibility index (Phi) is 7.12. The van der Waals surface area contributed by atoms with E-state index in [2.05, 4.69) is 20.1 Å². The van der Waals surface area contributed by atoms with Gasteiger partial charge >= 0.3 is 5.97 Å². The number of carbonyl (C=O) groups is 2. The Hall–Kier alpha value is -1.87. The molecule has 9 heteroatoms. The van der Waals surface area contributed by atoms with Crippen molar-refractivity contribution in [3.05, 3.63) is 22.3 Å². The van der Waals surface area contributed by atoms with Gasteiger partial charge in [-0.25, -0.2) is 4.79 Å². The summed E-state index contributed by atoms with van der Waals surface area (Å²) in [7, 11) is 0. The summed E-state index contributed by atoms with van der Waals surface area (Å²) in [6.45, 7) is 5.91. The Labute approximate surface area is 173 Å². The van der Waals surface area contributed by atoms with E-state index in [0.717, 1.165) is 29.4 Å². The number of carbonyl (C=O) groups excluding carboxylic acids is 2. The first-order chi connectivity index (χ1) is 13.5. The summed E-state index contributed by atoms with van der Waals surface area (Å²) in [5, 5.41) is 12.8. The first kappa shape index (κ1) is 20.9. The Morgan fingerprint density at radius 2 is 2.04 bits per heavy atom. The predicted molar refractivity (Wildman–Crippen MR) is 111 cm³/mol. The van der Waals surface area contributed by atoms with E-state index < -0.39 is 0 Å². The lowest BCUT2D eigenvalue weighted by Gasteiger charge is -2.24. The second-order valence-corrected chi connectivity index (χ2v) is 8.87. The molecule has 1 amide bonds. The zero-order valence-electron chi connectivity index (χ0n) is 16.5. The number of aryl methyl sites for hydroxylation is 2. The maximum Gasteiger partial charge on any atom is 0.348 e. The second-order valence-electron chi connectivity index (χ2n) is 6.87. The number of thioether (sulfide) groups is 1. The van der Waals surface area contributed by atoms with E-state index in [1.165, 1.54) is 42.4 Å².